The molecule has 4 heterocycles. The molecule has 2 saturated heterocycles. The quantitative estimate of drug-likeness (QED) is 0.153. The first kappa shape index (κ1) is 29.8. The maximum absolute atomic E-state index is 12.3. The van der Waals surface area contributed by atoms with Gasteiger partial charge in [-0.3, -0.25) is 30.0 Å². The SMILES string of the molecule is Cc1ccc(C=C2C(=O)NN(c3ccc(I)cc3)C2=O)o1.O=C1NN(c2ccc(I)cc2)C(=O)C1=Cc1ccc(Br)o1. The highest BCUT2D eigenvalue weighted by Crippen LogP contribution is 2.25. The fraction of sp³-hybridized carbons (Fsp3) is 0.0345. The average Bonchev–Trinajstić information content (AvgIpc) is 3.71. The molecule has 0 radical (unpaired) electrons. The number of carbonyl (C=O) groups is 4. The molecule has 4 aromatic rings. The molecule has 2 fully saturated rings. The van der Waals surface area contributed by atoms with Gasteiger partial charge in [0.15, 0.2) is 4.67 Å². The summed E-state index contributed by atoms with van der Waals surface area (Å²) >= 11 is 7.52. The second-order valence-corrected chi connectivity index (χ2v) is 12.1. The minimum absolute atomic E-state index is 0.0374. The first-order valence-corrected chi connectivity index (χ1v) is 15.1. The van der Waals surface area contributed by atoms with Gasteiger partial charge in [-0.1, -0.05) is 0 Å². The van der Waals surface area contributed by atoms with Crippen LogP contribution in [0.1, 0.15) is 17.3 Å². The molecule has 13 heteroatoms. The van der Waals surface area contributed by atoms with Gasteiger partial charge in [-0.2, -0.15) is 0 Å². The molecule has 2 aliphatic rings. The first-order chi connectivity index (χ1) is 20.1. The highest BCUT2D eigenvalue weighted by molar-refractivity contribution is 14.1. The predicted octanol–water partition coefficient (Wildman–Crippen LogP) is 5.76. The smallest absolute Gasteiger partial charge is 0.282 e. The lowest BCUT2D eigenvalue weighted by atomic mass is 10.2. The van der Waals surface area contributed by atoms with Crippen LogP contribution in [0.4, 0.5) is 11.4 Å². The Bertz CT molecular complexity index is 1630. The second kappa shape index (κ2) is 12.7. The largest absolute Gasteiger partial charge is 0.462 e. The highest BCUT2D eigenvalue weighted by atomic mass is 127. The Kier molecular flexibility index (Phi) is 8.98. The van der Waals surface area contributed by atoms with Gasteiger partial charge < -0.3 is 8.83 Å². The first-order valence-electron chi connectivity index (χ1n) is 12.2. The van der Waals surface area contributed by atoms with Gasteiger partial charge in [0, 0.05) is 7.14 Å². The van der Waals surface area contributed by atoms with Crippen LogP contribution in [-0.2, 0) is 19.2 Å². The van der Waals surface area contributed by atoms with Crippen LogP contribution in [-0.4, -0.2) is 23.6 Å². The number of hydrazine groups is 2. The van der Waals surface area contributed by atoms with Crippen LogP contribution in [0.25, 0.3) is 12.2 Å². The molecule has 0 bridgehead atoms. The normalized spacial score (nSPS) is 16.7. The third kappa shape index (κ3) is 6.68. The maximum Gasteiger partial charge on any atom is 0.282 e. The number of halogens is 3. The zero-order valence-corrected chi connectivity index (χ0v) is 27.5. The second-order valence-electron chi connectivity index (χ2n) is 8.82. The molecule has 0 spiro atoms. The van der Waals surface area contributed by atoms with Crippen molar-refractivity contribution < 1.29 is 28.0 Å². The number of nitrogens with one attached hydrogen (secondary N) is 2. The standard InChI is InChI=1S/C15H11IN2O3.C14H8BrIN2O3/c1-9-2-7-12(21-9)8-13-14(19)17-18(15(13)20)11-5-3-10(16)4-6-11;15-12-6-5-10(21-12)7-11-13(19)17-18(14(11)20)9-3-1-8(16)2-4-9/h2-8H,1H3,(H,17,19);1-7H,(H,17,19). The van der Waals surface area contributed by atoms with Gasteiger partial charge >= 0.3 is 0 Å². The molecule has 42 heavy (non-hydrogen) atoms. The fourth-order valence-corrected chi connectivity index (χ4v) is 4.92. The predicted molar refractivity (Wildman–Crippen MR) is 175 cm³/mol. The zero-order chi connectivity index (χ0) is 30.0. The number of benzene rings is 2. The van der Waals surface area contributed by atoms with Crippen LogP contribution in [0.15, 0.2) is 97.4 Å². The topological polar surface area (TPSA) is 125 Å². The van der Waals surface area contributed by atoms with Crippen LogP contribution in [0.5, 0.6) is 0 Å². The molecule has 2 N–H and O–H groups in total. The zero-order valence-electron chi connectivity index (χ0n) is 21.6. The highest BCUT2D eigenvalue weighted by Gasteiger charge is 2.35. The van der Waals surface area contributed by atoms with Crippen LogP contribution in [0.3, 0.4) is 0 Å². The lowest BCUT2D eigenvalue weighted by Gasteiger charge is -2.14. The van der Waals surface area contributed by atoms with Crippen molar-refractivity contribution in [2.24, 2.45) is 0 Å². The molecule has 4 amide bonds. The molecule has 2 aliphatic heterocycles. The van der Waals surface area contributed by atoms with Crippen molar-refractivity contribution in [2.45, 2.75) is 6.92 Å². The van der Waals surface area contributed by atoms with Crippen LogP contribution in [0, 0.1) is 14.1 Å². The Balaban J connectivity index is 0.000000168. The number of aryl methyl sites for hydroxylation is 1. The van der Waals surface area contributed by atoms with E-state index in [0.29, 0.717) is 27.6 Å². The minimum Gasteiger partial charge on any atom is -0.462 e. The van der Waals surface area contributed by atoms with Crippen molar-refractivity contribution in [2.75, 3.05) is 10.0 Å². The average molecular weight is 853 g/mol. The lowest BCUT2D eigenvalue weighted by molar-refractivity contribution is -0.118. The van der Waals surface area contributed by atoms with E-state index in [9.17, 15) is 19.2 Å². The summed E-state index contributed by atoms with van der Waals surface area (Å²) in [4.78, 5) is 48.6. The van der Waals surface area contributed by atoms with E-state index in [0.717, 1.165) is 12.9 Å². The van der Waals surface area contributed by atoms with Crippen molar-refractivity contribution in [1.29, 1.82) is 0 Å². The summed E-state index contributed by atoms with van der Waals surface area (Å²) in [6.07, 6.45) is 2.88. The summed E-state index contributed by atoms with van der Waals surface area (Å²) in [5.41, 5.74) is 6.41. The maximum atomic E-state index is 12.3. The van der Waals surface area contributed by atoms with E-state index in [-0.39, 0.29) is 11.1 Å². The molecule has 0 aliphatic carbocycles. The molecule has 212 valence electrons. The number of hydrogen-bond donors (Lipinski definition) is 2. The molecule has 0 unspecified atom stereocenters. The summed E-state index contributed by atoms with van der Waals surface area (Å²) in [7, 11) is 0. The van der Waals surface area contributed by atoms with Gasteiger partial charge in [-0.25, -0.2) is 10.0 Å². The fourth-order valence-electron chi connectivity index (χ4n) is 3.88. The summed E-state index contributed by atoms with van der Waals surface area (Å²) in [5.74, 6) is -0.0508. The molecule has 0 saturated carbocycles. The number of hydrogen-bond acceptors (Lipinski definition) is 6. The van der Waals surface area contributed by atoms with Crippen LogP contribution in [0.2, 0.25) is 0 Å². The number of furan rings is 2. The Morgan fingerprint density at radius 3 is 1.45 bits per heavy atom. The summed E-state index contributed by atoms with van der Waals surface area (Å²) in [5, 5.41) is 2.46. The third-order valence-corrected chi connectivity index (χ3v) is 7.75. The number of nitrogens with zero attached hydrogens (tertiary/aromatic N) is 2. The van der Waals surface area contributed by atoms with E-state index >= 15 is 0 Å². The Labute approximate surface area is 275 Å². The lowest BCUT2D eigenvalue weighted by Crippen LogP contribution is -2.35. The van der Waals surface area contributed by atoms with Crippen molar-refractivity contribution >= 4 is 108 Å². The number of amides is 4. The molecular formula is C29H19BrI2N4O6. The Morgan fingerprint density at radius 1 is 0.643 bits per heavy atom. The van der Waals surface area contributed by atoms with E-state index in [1.165, 1.54) is 22.2 Å². The third-order valence-electron chi connectivity index (χ3n) is 5.88. The van der Waals surface area contributed by atoms with Gasteiger partial charge in [-0.15, -0.1) is 0 Å². The molecule has 2 aromatic carbocycles. The molecule has 2 aromatic heterocycles. The van der Waals surface area contributed by atoms with Crippen LogP contribution < -0.4 is 20.9 Å². The number of anilines is 2. The summed E-state index contributed by atoms with van der Waals surface area (Å²) in [6, 6.07) is 21.4. The van der Waals surface area contributed by atoms with E-state index in [1.54, 1.807) is 55.5 Å². The van der Waals surface area contributed by atoms with Crippen molar-refractivity contribution in [3.05, 3.63) is 113 Å². The molecule has 6 rings (SSSR count). The Morgan fingerprint density at radius 2 is 1.07 bits per heavy atom. The van der Waals surface area contributed by atoms with E-state index in [4.69, 9.17) is 8.83 Å². The summed E-state index contributed by atoms with van der Waals surface area (Å²) in [6.45, 7) is 1.80. The molecule has 10 nitrogen and oxygen atoms in total. The van der Waals surface area contributed by atoms with Crippen LogP contribution >= 0.6 is 61.1 Å². The van der Waals surface area contributed by atoms with Gasteiger partial charge in [-0.05, 0) is 153 Å². The van der Waals surface area contributed by atoms with E-state index < -0.39 is 23.6 Å². The van der Waals surface area contributed by atoms with Gasteiger partial charge in [0.1, 0.15) is 28.4 Å². The molecule has 0 atom stereocenters. The van der Waals surface area contributed by atoms with Crippen molar-refractivity contribution in [1.82, 2.24) is 10.9 Å². The van der Waals surface area contributed by atoms with E-state index in [2.05, 4.69) is 72.0 Å². The van der Waals surface area contributed by atoms with Crippen molar-refractivity contribution in [3.8, 4) is 0 Å². The van der Waals surface area contributed by atoms with E-state index in [1.807, 2.05) is 24.3 Å². The monoisotopic (exact) mass is 852 g/mol. The minimum atomic E-state index is -0.453. The number of carbonyl (C=O) groups excluding carboxylic acids is 4. The van der Waals surface area contributed by atoms with Gasteiger partial charge in [0.2, 0.25) is 0 Å². The van der Waals surface area contributed by atoms with Gasteiger partial charge in [0.25, 0.3) is 23.6 Å². The Hall–Kier alpha value is -3.70. The van der Waals surface area contributed by atoms with Gasteiger partial charge in [0.05, 0.1) is 11.4 Å². The van der Waals surface area contributed by atoms with Crippen molar-refractivity contribution in [3.63, 3.8) is 0 Å². The molecular weight excluding hydrogens is 834 g/mol. The summed E-state index contributed by atoms with van der Waals surface area (Å²) < 4.78 is 13.3. The number of rotatable bonds is 4.